The van der Waals surface area contributed by atoms with Crippen molar-refractivity contribution in [3.8, 4) is 11.5 Å². The van der Waals surface area contributed by atoms with Crippen LogP contribution in [0.5, 0.6) is 11.5 Å². The van der Waals surface area contributed by atoms with Crippen molar-refractivity contribution >= 4 is 24.9 Å². The fourth-order valence-electron chi connectivity index (χ4n) is 7.02. The third kappa shape index (κ3) is 5.52. The van der Waals surface area contributed by atoms with E-state index in [2.05, 4.69) is 26.1 Å². The van der Waals surface area contributed by atoms with Gasteiger partial charge in [-0.1, -0.05) is 38.1 Å². The lowest BCUT2D eigenvalue weighted by Crippen LogP contribution is -2.65. The van der Waals surface area contributed by atoms with E-state index in [1.54, 1.807) is 36.4 Å². The van der Waals surface area contributed by atoms with Gasteiger partial charge in [0.25, 0.3) is 5.91 Å². The summed E-state index contributed by atoms with van der Waals surface area (Å²) in [7, 11) is 0.701. The van der Waals surface area contributed by atoms with Crippen molar-refractivity contribution in [1.82, 2.24) is 5.32 Å². The molecule has 1 saturated heterocycles. The Labute approximate surface area is 240 Å². The zero-order valence-electron chi connectivity index (χ0n) is 23.8. The summed E-state index contributed by atoms with van der Waals surface area (Å²) in [6.45, 7) is 6.42. The molecule has 5 atom stereocenters. The Morgan fingerprint density at radius 3 is 2.61 bits per heavy atom. The number of benzene rings is 2. The Balaban J connectivity index is 1.38. The molecule has 2 aromatic rings. The molecule has 218 valence electrons. The molecule has 41 heavy (non-hydrogen) atoms. The van der Waals surface area contributed by atoms with E-state index < -0.39 is 30.5 Å². The molecule has 5 unspecified atom stereocenters. The molecular formula is C30H37BN2O8. The van der Waals surface area contributed by atoms with Crippen LogP contribution in [0.3, 0.4) is 0 Å². The summed E-state index contributed by atoms with van der Waals surface area (Å²) in [5, 5.41) is 12.8. The van der Waals surface area contributed by atoms with Crippen LogP contribution >= 0.6 is 0 Å². The number of amides is 2. The number of methoxy groups -OCH3 is 1. The quantitative estimate of drug-likeness (QED) is 0.353. The molecule has 1 aliphatic heterocycles. The van der Waals surface area contributed by atoms with Crippen LogP contribution in [0.1, 0.15) is 55.1 Å². The van der Waals surface area contributed by atoms with Crippen molar-refractivity contribution in [1.29, 1.82) is 0 Å². The second kappa shape index (κ2) is 11.0. The SMILES string of the molecule is COc1c(CC(NC(=O)Cc2cccc(OCC(N)=O)c2)B2OC3CC4CC(C4(C)C)C3(C)O2)cccc1C(=O)O. The normalized spacial score (nSPS) is 26.3. The molecule has 0 radical (unpaired) electrons. The minimum absolute atomic E-state index is 0.0410. The summed E-state index contributed by atoms with van der Waals surface area (Å²) in [5.41, 5.74) is 6.19. The van der Waals surface area contributed by atoms with Gasteiger partial charge in [0.1, 0.15) is 17.1 Å². The molecule has 0 aromatic heterocycles. The van der Waals surface area contributed by atoms with Gasteiger partial charge in [0.05, 0.1) is 31.2 Å². The van der Waals surface area contributed by atoms with Crippen LogP contribution in [0, 0.1) is 17.3 Å². The number of nitrogens with two attached hydrogens (primary N) is 1. The maximum atomic E-state index is 13.4. The van der Waals surface area contributed by atoms with E-state index in [9.17, 15) is 19.5 Å². The Morgan fingerprint density at radius 1 is 1.17 bits per heavy atom. The molecule has 4 aliphatic rings. The minimum atomic E-state index is -1.10. The number of para-hydroxylation sites is 1. The molecule has 2 bridgehead atoms. The molecule has 3 aliphatic carbocycles. The average Bonchev–Trinajstić information content (AvgIpc) is 3.28. The van der Waals surface area contributed by atoms with Crippen LogP contribution in [0.4, 0.5) is 0 Å². The van der Waals surface area contributed by atoms with Gasteiger partial charge in [-0.3, -0.25) is 9.59 Å². The highest BCUT2D eigenvalue weighted by Crippen LogP contribution is 2.65. The molecule has 3 saturated carbocycles. The van der Waals surface area contributed by atoms with Gasteiger partial charge in [-0.2, -0.15) is 0 Å². The summed E-state index contributed by atoms with van der Waals surface area (Å²) in [6.07, 6.45) is 2.18. The molecule has 2 aromatic carbocycles. The Hall–Kier alpha value is -3.57. The lowest BCUT2D eigenvalue weighted by Gasteiger charge is -2.64. The summed E-state index contributed by atoms with van der Waals surface area (Å²) >= 11 is 0. The standard InChI is InChI=1S/C30H37BN2O8/c1-29(2)19-14-22(29)30(3)23(15-19)40-31(41-30)24(13-18-8-6-10-21(28(36)37)27(18)38-4)33-26(35)12-17-7-5-9-20(11-17)39-16-25(32)34/h5-11,19,22-24H,12-16H2,1-4H3,(H2,32,34)(H,33,35)(H,36,37). The molecule has 10 nitrogen and oxygen atoms in total. The molecule has 0 spiro atoms. The molecule has 4 fully saturated rings. The van der Waals surface area contributed by atoms with Crippen LogP contribution in [0.25, 0.3) is 0 Å². The van der Waals surface area contributed by atoms with Crippen LogP contribution in [-0.4, -0.2) is 61.4 Å². The number of carbonyl (C=O) groups excluding carboxylic acids is 2. The Morgan fingerprint density at radius 2 is 1.93 bits per heavy atom. The first-order valence-corrected chi connectivity index (χ1v) is 13.9. The first-order chi connectivity index (χ1) is 19.4. The lowest BCUT2D eigenvalue weighted by atomic mass is 9.43. The zero-order chi connectivity index (χ0) is 29.5. The van der Waals surface area contributed by atoms with Gasteiger partial charge < -0.3 is 34.9 Å². The van der Waals surface area contributed by atoms with E-state index in [1.165, 1.54) is 13.2 Å². The third-order valence-electron chi connectivity index (χ3n) is 9.26. The Bertz CT molecular complexity index is 1350. The summed E-state index contributed by atoms with van der Waals surface area (Å²) in [4.78, 5) is 36.3. The van der Waals surface area contributed by atoms with Crippen LogP contribution in [0.2, 0.25) is 0 Å². The molecule has 2 amide bonds. The number of carboxylic acids is 1. The summed E-state index contributed by atoms with van der Waals surface area (Å²) in [5.74, 6) is -0.998. The fraction of sp³-hybridized carbons (Fsp3) is 0.500. The predicted molar refractivity (Wildman–Crippen MR) is 151 cm³/mol. The Kier molecular flexibility index (Phi) is 7.78. The number of nitrogens with one attached hydrogen (secondary N) is 1. The maximum absolute atomic E-state index is 13.4. The summed E-state index contributed by atoms with van der Waals surface area (Å²) < 4.78 is 24.1. The van der Waals surface area contributed by atoms with Crippen LogP contribution in [0.15, 0.2) is 42.5 Å². The zero-order valence-corrected chi connectivity index (χ0v) is 23.8. The van der Waals surface area contributed by atoms with E-state index >= 15 is 0 Å². The second-order valence-corrected chi connectivity index (χ2v) is 12.1. The van der Waals surface area contributed by atoms with E-state index in [1.807, 2.05) is 0 Å². The van der Waals surface area contributed by atoms with Crippen molar-refractivity contribution in [2.45, 2.75) is 64.1 Å². The van der Waals surface area contributed by atoms with Crippen molar-refractivity contribution < 1.29 is 38.3 Å². The van der Waals surface area contributed by atoms with Gasteiger partial charge in [0.15, 0.2) is 6.61 Å². The lowest BCUT2D eigenvalue weighted by molar-refractivity contribution is -0.199. The molecule has 11 heteroatoms. The summed E-state index contributed by atoms with van der Waals surface area (Å²) in [6, 6.07) is 11.8. The minimum Gasteiger partial charge on any atom is -0.496 e. The maximum Gasteiger partial charge on any atom is 0.482 e. The smallest absolute Gasteiger partial charge is 0.482 e. The third-order valence-corrected chi connectivity index (χ3v) is 9.26. The van der Waals surface area contributed by atoms with Crippen LogP contribution < -0.4 is 20.5 Å². The predicted octanol–water partition coefficient (Wildman–Crippen LogP) is 2.79. The van der Waals surface area contributed by atoms with Crippen LogP contribution in [-0.2, 0) is 31.7 Å². The number of rotatable bonds is 11. The highest BCUT2D eigenvalue weighted by molar-refractivity contribution is 6.48. The number of carboxylic acid groups (broad SMARTS) is 1. The van der Waals surface area contributed by atoms with E-state index in [0.717, 1.165) is 12.8 Å². The van der Waals surface area contributed by atoms with E-state index in [4.69, 9.17) is 24.5 Å². The number of ether oxygens (including phenoxy) is 2. The average molecular weight is 564 g/mol. The number of primary amides is 1. The van der Waals surface area contributed by atoms with Gasteiger partial charge in [-0.05, 0) is 72.8 Å². The topological polar surface area (TPSA) is 146 Å². The van der Waals surface area contributed by atoms with Crippen molar-refractivity contribution in [2.75, 3.05) is 13.7 Å². The second-order valence-electron chi connectivity index (χ2n) is 12.1. The van der Waals surface area contributed by atoms with Gasteiger partial charge in [0.2, 0.25) is 5.91 Å². The van der Waals surface area contributed by atoms with Gasteiger partial charge in [0, 0.05) is 0 Å². The van der Waals surface area contributed by atoms with E-state index in [-0.39, 0.29) is 48.2 Å². The van der Waals surface area contributed by atoms with Crippen molar-refractivity contribution in [3.05, 3.63) is 59.2 Å². The highest BCUT2D eigenvalue weighted by atomic mass is 16.7. The number of hydrogen-bond acceptors (Lipinski definition) is 7. The van der Waals surface area contributed by atoms with Gasteiger partial charge in [-0.15, -0.1) is 0 Å². The van der Waals surface area contributed by atoms with Gasteiger partial charge >= 0.3 is 13.1 Å². The molecule has 1 heterocycles. The molecule has 6 rings (SSSR count). The monoisotopic (exact) mass is 564 g/mol. The largest absolute Gasteiger partial charge is 0.496 e. The number of hydrogen-bond donors (Lipinski definition) is 3. The fourth-order valence-corrected chi connectivity index (χ4v) is 7.02. The molecule has 4 N–H and O–H groups in total. The van der Waals surface area contributed by atoms with Crippen molar-refractivity contribution in [3.63, 3.8) is 0 Å². The first-order valence-electron chi connectivity index (χ1n) is 13.9. The van der Waals surface area contributed by atoms with Gasteiger partial charge in [-0.25, -0.2) is 4.79 Å². The van der Waals surface area contributed by atoms with Crippen molar-refractivity contribution in [2.24, 2.45) is 23.0 Å². The first kappa shape index (κ1) is 28.9. The van der Waals surface area contributed by atoms with E-state index in [0.29, 0.717) is 28.7 Å². The highest BCUT2D eigenvalue weighted by Gasteiger charge is 2.68. The molecular weight excluding hydrogens is 527 g/mol. The number of aromatic carboxylic acids is 1. The number of carbonyl (C=O) groups is 3.